The highest BCUT2D eigenvalue weighted by molar-refractivity contribution is 5.35. The third kappa shape index (κ3) is 4.47. The quantitative estimate of drug-likeness (QED) is 0.706. The SMILES string of the molecule is Cc1ccc(OCC(O)CNCC2CC(O)C2)c(C)c1. The second kappa shape index (κ2) is 7.07. The van der Waals surface area contributed by atoms with E-state index in [9.17, 15) is 10.2 Å². The number of rotatable bonds is 7. The van der Waals surface area contributed by atoms with Gasteiger partial charge in [-0.1, -0.05) is 17.7 Å². The lowest BCUT2D eigenvalue weighted by atomic mass is 9.82. The molecule has 1 aliphatic rings. The van der Waals surface area contributed by atoms with Crippen molar-refractivity contribution in [3.8, 4) is 5.75 Å². The molecule has 1 unspecified atom stereocenters. The third-order valence-corrected chi connectivity index (χ3v) is 3.79. The summed E-state index contributed by atoms with van der Waals surface area (Å²) >= 11 is 0. The monoisotopic (exact) mass is 279 g/mol. The molecule has 0 bridgehead atoms. The molecule has 1 fully saturated rings. The van der Waals surface area contributed by atoms with E-state index in [1.165, 1.54) is 5.56 Å². The number of aliphatic hydroxyl groups is 2. The Morgan fingerprint density at radius 3 is 2.75 bits per heavy atom. The molecule has 0 radical (unpaired) electrons. The zero-order valence-electron chi connectivity index (χ0n) is 12.3. The molecule has 1 aromatic carbocycles. The normalized spacial score (nSPS) is 23.2. The lowest BCUT2D eigenvalue weighted by molar-refractivity contribution is 0.0400. The van der Waals surface area contributed by atoms with Crippen LogP contribution < -0.4 is 10.1 Å². The largest absolute Gasteiger partial charge is 0.491 e. The van der Waals surface area contributed by atoms with Gasteiger partial charge in [-0.25, -0.2) is 0 Å². The van der Waals surface area contributed by atoms with Crippen molar-refractivity contribution in [1.29, 1.82) is 0 Å². The van der Waals surface area contributed by atoms with Crippen LogP contribution in [0.25, 0.3) is 0 Å². The van der Waals surface area contributed by atoms with Gasteiger partial charge in [0.15, 0.2) is 0 Å². The van der Waals surface area contributed by atoms with Gasteiger partial charge < -0.3 is 20.3 Å². The standard InChI is InChI=1S/C16H25NO3/c1-11-3-4-16(12(2)5-11)20-10-15(19)9-17-8-13-6-14(18)7-13/h3-5,13-15,17-19H,6-10H2,1-2H3. The second-order valence-electron chi connectivity index (χ2n) is 5.88. The summed E-state index contributed by atoms with van der Waals surface area (Å²) < 4.78 is 5.64. The molecule has 1 atom stereocenters. The highest BCUT2D eigenvalue weighted by Crippen LogP contribution is 2.26. The molecule has 0 saturated heterocycles. The summed E-state index contributed by atoms with van der Waals surface area (Å²) in [5.74, 6) is 1.38. The van der Waals surface area contributed by atoms with E-state index < -0.39 is 6.10 Å². The van der Waals surface area contributed by atoms with E-state index in [4.69, 9.17) is 4.74 Å². The Morgan fingerprint density at radius 1 is 1.35 bits per heavy atom. The van der Waals surface area contributed by atoms with E-state index in [2.05, 4.69) is 11.4 Å². The fourth-order valence-electron chi connectivity index (χ4n) is 2.53. The van der Waals surface area contributed by atoms with Crippen LogP contribution in [0.15, 0.2) is 18.2 Å². The van der Waals surface area contributed by atoms with Crippen molar-refractivity contribution in [2.24, 2.45) is 5.92 Å². The molecule has 1 aromatic rings. The highest BCUT2D eigenvalue weighted by atomic mass is 16.5. The average Bonchev–Trinajstić information content (AvgIpc) is 2.35. The van der Waals surface area contributed by atoms with Gasteiger partial charge in [-0.05, 0) is 50.8 Å². The van der Waals surface area contributed by atoms with Crippen LogP contribution >= 0.6 is 0 Å². The molecule has 3 N–H and O–H groups in total. The van der Waals surface area contributed by atoms with Gasteiger partial charge in [0.05, 0.1) is 6.10 Å². The lowest BCUT2D eigenvalue weighted by Crippen LogP contribution is -2.39. The molecule has 0 aromatic heterocycles. The van der Waals surface area contributed by atoms with Gasteiger partial charge in [0.25, 0.3) is 0 Å². The first kappa shape index (κ1) is 15.3. The van der Waals surface area contributed by atoms with Crippen molar-refractivity contribution >= 4 is 0 Å². The van der Waals surface area contributed by atoms with Gasteiger partial charge in [-0.15, -0.1) is 0 Å². The minimum absolute atomic E-state index is 0.112. The summed E-state index contributed by atoms with van der Waals surface area (Å²) in [4.78, 5) is 0. The number of aliphatic hydroxyl groups excluding tert-OH is 2. The van der Waals surface area contributed by atoms with E-state index >= 15 is 0 Å². The number of hydrogen-bond donors (Lipinski definition) is 3. The summed E-state index contributed by atoms with van der Waals surface area (Å²) in [5.41, 5.74) is 2.30. The molecular formula is C16H25NO3. The Bertz CT molecular complexity index is 430. The van der Waals surface area contributed by atoms with Crippen LogP contribution in [0, 0.1) is 19.8 Å². The van der Waals surface area contributed by atoms with Gasteiger partial charge >= 0.3 is 0 Å². The second-order valence-corrected chi connectivity index (χ2v) is 5.88. The van der Waals surface area contributed by atoms with Crippen LogP contribution in [0.1, 0.15) is 24.0 Å². The molecule has 0 spiro atoms. The Labute approximate surface area is 120 Å². The molecule has 20 heavy (non-hydrogen) atoms. The van der Waals surface area contributed by atoms with Crippen LogP contribution in [0.3, 0.4) is 0 Å². The van der Waals surface area contributed by atoms with Crippen LogP contribution in [-0.4, -0.2) is 42.1 Å². The maximum absolute atomic E-state index is 9.87. The number of nitrogens with one attached hydrogen (secondary N) is 1. The van der Waals surface area contributed by atoms with Crippen LogP contribution in [0.5, 0.6) is 5.75 Å². The summed E-state index contributed by atoms with van der Waals surface area (Å²) in [6, 6.07) is 6.03. The zero-order chi connectivity index (χ0) is 14.5. The first-order valence-electron chi connectivity index (χ1n) is 7.31. The third-order valence-electron chi connectivity index (χ3n) is 3.79. The maximum atomic E-state index is 9.87. The Kier molecular flexibility index (Phi) is 5.40. The first-order valence-corrected chi connectivity index (χ1v) is 7.31. The Hall–Kier alpha value is -1.10. The van der Waals surface area contributed by atoms with Gasteiger partial charge in [-0.3, -0.25) is 0 Å². The predicted molar refractivity (Wildman–Crippen MR) is 79.0 cm³/mol. The van der Waals surface area contributed by atoms with Gasteiger partial charge in [0.1, 0.15) is 18.5 Å². The van der Waals surface area contributed by atoms with E-state index in [0.717, 1.165) is 30.7 Å². The topological polar surface area (TPSA) is 61.7 Å². The number of benzene rings is 1. The van der Waals surface area contributed by atoms with Crippen molar-refractivity contribution in [2.45, 2.75) is 38.9 Å². The summed E-state index contributed by atoms with van der Waals surface area (Å²) in [5, 5.41) is 22.3. The number of hydrogen-bond acceptors (Lipinski definition) is 4. The van der Waals surface area contributed by atoms with E-state index in [1.54, 1.807) is 0 Å². The molecule has 1 saturated carbocycles. The van der Waals surface area contributed by atoms with Crippen LogP contribution in [-0.2, 0) is 0 Å². The Balaban J connectivity index is 1.63. The van der Waals surface area contributed by atoms with Crippen LogP contribution in [0.4, 0.5) is 0 Å². The fourth-order valence-corrected chi connectivity index (χ4v) is 2.53. The van der Waals surface area contributed by atoms with Crippen molar-refractivity contribution in [3.05, 3.63) is 29.3 Å². The minimum Gasteiger partial charge on any atom is -0.491 e. The summed E-state index contributed by atoms with van der Waals surface area (Å²) in [7, 11) is 0. The molecule has 4 heteroatoms. The average molecular weight is 279 g/mol. The summed E-state index contributed by atoms with van der Waals surface area (Å²) in [6.07, 6.45) is 1.13. The molecular weight excluding hydrogens is 254 g/mol. The number of ether oxygens (including phenoxy) is 1. The summed E-state index contributed by atoms with van der Waals surface area (Å²) in [6.45, 7) is 5.74. The minimum atomic E-state index is -0.513. The molecule has 1 aliphatic carbocycles. The van der Waals surface area contributed by atoms with E-state index in [0.29, 0.717) is 19.1 Å². The Morgan fingerprint density at radius 2 is 2.10 bits per heavy atom. The zero-order valence-corrected chi connectivity index (χ0v) is 12.3. The van der Waals surface area contributed by atoms with Crippen molar-refractivity contribution in [2.75, 3.05) is 19.7 Å². The van der Waals surface area contributed by atoms with Crippen molar-refractivity contribution in [3.63, 3.8) is 0 Å². The molecule has 0 heterocycles. The fraction of sp³-hybridized carbons (Fsp3) is 0.625. The number of aryl methyl sites for hydroxylation is 2. The molecule has 112 valence electrons. The van der Waals surface area contributed by atoms with Crippen molar-refractivity contribution < 1.29 is 14.9 Å². The predicted octanol–water partition coefficient (Wildman–Crippen LogP) is 1.40. The molecule has 4 nitrogen and oxygen atoms in total. The van der Waals surface area contributed by atoms with Crippen molar-refractivity contribution in [1.82, 2.24) is 5.32 Å². The highest BCUT2D eigenvalue weighted by Gasteiger charge is 2.26. The van der Waals surface area contributed by atoms with E-state index in [-0.39, 0.29) is 6.10 Å². The first-order chi connectivity index (χ1) is 9.54. The molecule has 0 aliphatic heterocycles. The molecule has 2 rings (SSSR count). The van der Waals surface area contributed by atoms with Gasteiger partial charge in [0.2, 0.25) is 0 Å². The maximum Gasteiger partial charge on any atom is 0.122 e. The smallest absolute Gasteiger partial charge is 0.122 e. The van der Waals surface area contributed by atoms with Crippen LogP contribution in [0.2, 0.25) is 0 Å². The van der Waals surface area contributed by atoms with E-state index in [1.807, 2.05) is 26.0 Å². The lowest BCUT2D eigenvalue weighted by Gasteiger charge is -2.31. The molecule has 0 amide bonds. The van der Waals surface area contributed by atoms with Gasteiger partial charge in [-0.2, -0.15) is 0 Å². The van der Waals surface area contributed by atoms with Gasteiger partial charge in [0, 0.05) is 6.54 Å².